The van der Waals surface area contributed by atoms with Gasteiger partial charge in [-0.15, -0.1) is 0 Å². The Hall–Kier alpha value is -2.14. The van der Waals surface area contributed by atoms with Crippen LogP contribution >= 0.6 is 0 Å². The molecule has 0 fully saturated rings. The molecule has 1 aromatic heterocycles. The highest BCUT2D eigenvalue weighted by Gasteiger charge is 2.19. The highest BCUT2D eigenvalue weighted by Crippen LogP contribution is 2.34. The largest absolute Gasteiger partial charge is 0.497 e. The Bertz CT molecular complexity index is 627. The molecule has 0 aliphatic heterocycles. The van der Waals surface area contributed by atoms with Gasteiger partial charge >= 0.3 is 0 Å². The van der Waals surface area contributed by atoms with E-state index in [-0.39, 0.29) is 0 Å². The van der Waals surface area contributed by atoms with Crippen LogP contribution in [0.3, 0.4) is 0 Å². The Balaban J connectivity index is 2.03. The van der Waals surface area contributed by atoms with Gasteiger partial charge in [0, 0.05) is 24.8 Å². The highest BCUT2D eigenvalue weighted by molar-refractivity contribution is 5.71. The Morgan fingerprint density at radius 2 is 2.15 bits per heavy atom. The number of benzene rings is 1. The number of nitrogens with zero attached hydrogens (tertiary/aromatic N) is 2. The molecule has 5 heteroatoms. The average Bonchev–Trinajstić information content (AvgIpc) is 2.52. The van der Waals surface area contributed by atoms with E-state index in [0.29, 0.717) is 19.0 Å². The molecule has 5 nitrogen and oxygen atoms in total. The first kappa shape index (κ1) is 12.9. The number of anilines is 1. The van der Waals surface area contributed by atoms with Gasteiger partial charge in [-0.25, -0.2) is 9.97 Å². The minimum atomic E-state index is 0.560. The summed E-state index contributed by atoms with van der Waals surface area (Å²) in [6, 6.07) is 6.16. The summed E-state index contributed by atoms with van der Waals surface area (Å²) < 4.78 is 5.31. The van der Waals surface area contributed by atoms with Gasteiger partial charge in [-0.3, -0.25) is 0 Å². The summed E-state index contributed by atoms with van der Waals surface area (Å²) in [6.07, 6.45) is 3.90. The van der Waals surface area contributed by atoms with E-state index in [9.17, 15) is 0 Å². The van der Waals surface area contributed by atoms with Gasteiger partial charge in [0.25, 0.3) is 0 Å². The molecule has 3 N–H and O–H groups in total. The minimum Gasteiger partial charge on any atom is -0.497 e. The molecule has 104 valence electrons. The van der Waals surface area contributed by atoms with E-state index in [0.717, 1.165) is 29.8 Å². The Kier molecular flexibility index (Phi) is 3.52. The van der Waals surface area contributed by atoms with Crippen molar-refractivity contribution in [1.29, 1.82) is 0 Å². The SMILES string of the molecule is COc1ccc2c(c1)-c1nc(NCCN)ncc1CC2. The maximum Gasteiger partial charge on any atom is 0.223 e. The zero-order valence-corrected chi connectivity index (χ0v) is 11.5. The fraction of sp³-hybridized carbons (Fsp3) is 0.333. The topological polar surface area (TPSA) is 73.1 Å². The monoisotopic (exact) mass is 270 g/mol. The number of hydrogen-bond acceptors (Lipinski definition) is 5. The van der Waals surface area contributed by atoms with Crippen LogP contribution in [0.5, 0.6) is 5.75 Å². The maximum absolute atomic E-state index is 5.49. The van der Waals surface area contributed by atoms with Crippen LogP contribution in [0.1, 0.15) is 11.1 Å². The van der Waals surface area contributed by atoms with Crippen LogP contribution in [0.4, 0.5) is 5.95 Å². The number of hydrogen-bond donors (Lipinski definition) is 2. The molecule has 0 saturated carbocycles. The van der Waals surface area contributed by atoms with Crippen molar-refractivity contribution < 1.29 is 4.74 Å². The van der Waals surface area contributed by atoms with Gasteiger partial charge in [0.15, 0.2) is 0 Å². The van der Waals surface area contributed by atoms with Crippen LogP contribution in [0, 0.1) is 0 Å². The van der Waals surface area contributed by atoms with Gasteiger partial charge in [-0.05, 0) is 36.1 Å². The zero-order valence-electron chi connectivity index (χ0n) is 11.5. The number of aromatic nitrogens is 2. The van der Waals surface area contributed by atoms with Gasteiger partial charge in [0.1, 0.15) is 5.75 Å². The Morgan fingerprint density at radius 1 is 1.30 bits per heavy atom. The number of aryl methyl sites for hydroxylation is 2. The van der Waals surface area contributed by atoms with Crippen LogP contribution in [0.2, 0.25) is 0 Å². The molecule has 0 unspecified atom stereocenters. The van der Waals surface area contributed by atoms with E-state index in [4.69, 9.17) is 10.5 Å². The molecule has 0 radical (unpaired) electrons. The van der Waals surface area contributed by atoms with Crippen molar-refractivity contribution in [3.05, 3.63) is 35.5 Å². The van der Waals surface area contributed by atoms with Crippen LogP contribution in [-0.2, 0) is 12.8 Å². The van der Waals surface area contributed by atoms with Gasteiger partial charge in [0.2, 0.25) is 5.95 Å². The van der Waals surface area contributed by atoms with Crippen molar-refractivity contribution in [2.75, 3.05) is 25.5 Å². The molecule has 1 aliphatic carbocycles. The van der Waals surface area contributed by atoms with Crippen molar-refractivity contribution in [3.8, 4) is 17.0 Å². The van der Waals surface area contributed by atoms with Gasteiger partial charge in [-0.1, -0.05) is 6.07 Å². The smallest absolute Gasteiger partial charge is 0.223 e. The Morgan fingerprint density at radius 3 is 2.95 bits per heavy atom. The number of methoxy groups -OCH3 is 1. The summed E-state index contributed by atoms with van der Waals surface area (Å²) >= 11 is 0. The predicted molar refractivity (Wildman–Crippen MR) is 79.0 cm³/mol. The van der Waals surface area contributed by atoms with Crippen LogP contribution in [0.25, 0.3) is 11.3 Å². The lowest BCUT2D eigenvalue weighted by atomic mass is 9.90. The minimum absolute atomic E-state index is 0.560. The van der Waals surface area contributed by atoms with Gasteiger partial charge < -0.3 is 15.8 Å². The second-order valence-corrected chi connectivity index (χ2v) is 4.81. The second-order valence-electron chi connectivity index (χ2n) is 4.81. The molecule has 0 amide bonds. The predicted octanol–water partition coefficient (Wildman–Crippen LogP) is 1.62. The van der Waals surface area contributed by atoms with E-state index in [1.165, 1.54) is 11.1 Å². The van der Waals surface area contributed by atoms with Crippen LogP contribution in [-0.4, -0.2) is 30.2 Å². The van der Waals surface area contributed by atoms with E-state index in [1.807, 2.05) is 18.3 Å². The summed E-state index contributed by atoms with van der Waals surface area (Å²) in [5, 5.41) is 3.13. The number of nitrogens with two attached hydrogens (primary N) is 1. The number of fused-ring (bicyclic) bond motifs is 3. The molecular formula is C15H18N4O. The van der Waals surface area contributed by atoms with Crippen molar-refractivity contribution in [2.45, 2.75) is 12.8 Å². The highest BCUT2D eigenvalue weighted by atomic mass is 16.5. The first-order valence-corrected chi connectivity index (χ1v) is 6.79. The first-order valence-electron chi connectivity index (χ1n) is 6.79. The number of ether oxygens (including phenoxy) is 1. The standard InChI is InChI=1S/C15H18N4O/c1-20-12-5-4-10-2-3-11-9-18-15(17-7-6-16)19-14(11)13(10)8-12/h4-5,8-9H,2-3,6-7,16H2,1H3,(H,17,18,19). The third-order valence-electron chi connectivity index (χ3n) is 3.53. The summed E-state index contributed by atoms with van der Waals surface area (Å²) in [6.45, 7) is 1.23. The number of nitrogens with one attached hydrogen (secondary N) is 1. The van der Waals surface area contributed by atoms with Crippen molar-refractivity contribution in [3.63, 3.8) is 0 Å². The molecule has 1 aliphatic rings. The lowest BCUT2D eigenvalue weighted by Crippen LogP contribution is -2.16. The van der Waals surface area contributed by atoms with Gasteiger partial charge in [-0.2, -0.15) is 0 Å². The summed E-state index contributed by atoms with van der Waals surface area (Å²) in [4.78, 5) is 8.97. The molecule has 1 heterocycles. The number of rotatable bonds is 4. The summed E-state index contributed by atoms with van der Waals surface area (Å²) in [5.74, 6) is 1.48. The molecule has 0 bridgehead atoms. The molecule has 0 atom stereocenters. The summed E-state index contributed by atoms with van der Waals surface area (Å²) in [7, 11) is 1.68. The molecule has 20 heavy (non-hydrogen) atoms. The zero-order chi connectivity index (χ0) is 13.9. The van der Waals surface area contributed by atoms with Crippen LogP contribution < -0.4 is 15.8 Å². The van der Waals surface area contributed by atoms with E-state index in [1.54, 1.807) is 7.11 Å². The molecule has 0 saturated heterocycles. The van der Waals surface area contributed by atoms with Gasteiger partial charge in [0.05, 0.1) is 12.8 Å². The first-order chi connectivity index (χ1) is 9.81. The molecule has 0 spiro atoms. The lowest BCUT2D eigenvalue weighted by Gasteiger charge is -2.19. The third kappa shape index (κ3) is 2.32. The molecule has 3 rings (SSSR count). The fourth-order valence-electron chi connectivity index (χ4n) is 2.48. The summed E-state index contributed by atoms with van der Waals surface area (Å²) in [5.41, 5.74) is 10.1. The lowest BCUT2D eigenvalue weighted by molar-refractivity contribution is 0.415. The second kappa shape index (κ2) is 5.46. The maximum atomic E-state index is 5.49. The third-order valence-corrected chi connectivity index (χ3v) is 3.53. The van der Waals surface area contributed by atoms with E-state index in [2.05, 4.69) is 21.4 Å². The van der Waals surface area contributed by atoms with Crippen molar-refractivity contribution in [2.24, 2.45) is 5.73 Å². The van der Waals surface area contributed by atoms with E-state index >= 15 is 0 Å². The normalized spacial score (nSPS) is 12.5. The molecular weight excluding hydrogens is 252 g/mol. The van der Waals surface area contributed by atoms with Crippen molar-refractivity contribution >= 4 is 5.95 Å². The van der Waals surface area contributed by atoms with E-state index < -0.39 is 0 Å². The van der Waals surface area contributed by atoms with Crippen LogP contribution in [0.15, 0.2) is 24.4 Å². The quantitative estimate of drug-likeness (QED) is 0.883. The van der Waals surface area contributed by atoms with Crippen molar-refractivity contribution in [1.82, 2.24) is 9.97 Å². The fourth-order valence-corrected chi connectivity index (χ4v) is 2.48. The average molecular weight is 270 g/mol. The molecule has 1 aromatic carbocycles. The molecule has 2 aromatic rings. The Labute approximate surface area is 118 Å².